The fourth-order valence-corrected chi connectivity index (χ4v) is 4.52. The number of benzene rings is 2. The fraction of sp³-hybridized carbons (Fsp3) is 0.350. The van der Waals surface area contributed by atoms with Gasteiger partial charge in [0, 0.05) is 31.7 Å². The molecule has 0 radical (unpaired) electrons. The van der Waals surface area contributed by atoms with E-state index in [1.54, 1.807) is 18.2 Å². The van der Waals surface area contributed by atoms with Crippen molar-refractivity contribution in [1.29, 1.82) is 0 Å². The van der Waals surface area contributed by atoms with E-state index in [1.807, 2.05) is 49.3 Å². The third-order valence-electron chi connectivity index (χ3n) is 4.61. The highest BCUT2D eigenvalue weighted by atomic mass is 35.5. The molecule has 0 unspecified atom stereocenters. The first-order valence-corrected chi connectivity index (χ1v) is 10.4. The average molecular weight is 424 g/mol. The van der Waals surface area contributed by atoms with Gasteiger partial charge in [-0.05, 0) is 49.8 Å². The topological polar surface area (TPSA) is 69.7 Å². The lowest BCUT2D eigenvalue weighted by atomic mass is 10.0. The van der Waals surface area contributed by atoms with E-state index >= 15 is 0 Å². The van der Waals surface area contributed by atoms with Crippen LogP contribution in [-0.2, 0) is 27.8 Å². The normalized spacial score (nSPS) is 13.8. The molecule has 0 bridgehead atoms. The second-order valence-electron chi connectivity index (χ2n) is 6.99. The van der Waals surface area contributed by atoms with Crippen molar-refractivity contribution in [2.45, 2.75) is 24.3 Å². The number of nitrogens with one attached hydrogen (secondary N) is 1. The van der Waals surface area contributed by atoms with Crippen LogP contribution in [0, 0.1) is 0 Å². The van der Waals surface area contributed by atoms with Gasteiger partial charge in [0.2, 0.25) is 15.9 Å². The van der Waals surface area contributed by atoms with Gasteiger partial charge in [0.05, 0.1) is 4.90 Å². The molecule has 1 heterocycles. The predicted octanol–water partition coefficient (Wildman–Crippen LogP) is 2.75. The first kappa shape index (κ1) is 22.4. The molecule has 0 aromatic heterocycles. The largest absolute Gasteiger partial charge is 0.326 e. The lowest BCUT2D eigenvalue weighted by Crippen LogP contribution is -2.36. The molecule has 2 aromatic carbocycles. The van der Waals surface area contributed by atoms with Crippen LogP contribution < -0.4 is 5.32 Å². The highest BCUT2D eigenvalue weighted by Crippen LogP contribution is 2.27. The molecule has 0 aliphatic carbocycles. The number of aryl methyl sites for hydroxylation is 1. The molecule has 0 spiro atoms. The van der Waals surface area contributed by atoms with Crippen LogP contribution in [0.3, 0.4) is 0 Å². The van der Waals surface area contributed by atoms with E-state index in [-0.39, 0.29) is 23.2 Å². The van der Waals surface area contributed by atoms with E-state index < -0.39 is 10.0 Å². The molecule has 1 amide bonds. The second kappa shape index (κ2) is 9.52. The van der Waals surface area contributed by atoms with Gasteiger partial charge < -0.3 is 10.2 Å². The fourth-order valence-electron chi connectivity index (χ4n) is 3.05. The number of anilines is 1. The number of amides is 1. The van der Waals surface area contributed by atoms with Gasteiger partial charge in [0.15, 0.2) is 0 Å². The van der Waals surface area contributed by atoms with Gasteiger partial charge in [-0.2, -0.15) is 4.31 Å². The molecule has 0 atom stereocenters. The highest BCUT2D eigenvalue weighted by Gasteiger charge is 2.26. The summed E-state index contributed by atoms with van der Waals surface area (Å²) in [5.74, 6) is -0.0326. The van der Waals surface area contributed by atoms with Crippen LogP contribution in [-0.4, -0.2) is 50.7 Å². The number of sulfonamides is 1. The molecular formula is C20H26ClN3O3S. The minimum Gasteiger partial charge on any atom is -0.326 e. The van der Waals surface area contributed by atoms with Crippen molar-refractivity contribution in [3.8, 4) is 0 Å². The van der Waals surface area contributed by atoms with Crippen molar-refractivity contribution in [3.05, 3.63) is 59.7 Å². The Bertz CT molecular complexity index is 918. The number of hydrogen-bond donors (Lipinski definition) is 1. The molecule has 28 heavy (non-hydrogen) atoms. The van der Waals surface area contributed by atoms with Crippen molar-refractivity contribution in [2.24, 2.45) is 0 Å². The Hall–Kier alpha value is -1.93. The first-order chi connectivity index (χ1) is 12.9. The standard InChI is InChI=1S/C20H25N3O3S.ClH/c1-22(2)12-13-23(15-16-6-4-3-5-7-16)27(25,26)18-9-10-19-17(14-18)8-11-20(24)21-19;/h3-7,9-10,14H,8,11-13,15H2,1-2H3,(H,21,24);1H. The maximum absolute atomic E-state index is 13.3. The van der Waals surface area contributed by atoms with E-state index in [0.717, 1.165) is 11.1 Å². The molecule has 1 aliphatic rings. The Balaban J connectivity index is 0.00000280. The summed E-state index contributed by atoms with van der Waals surface area (Å²) in [6, 6.07) is 14.6. The third kappa shape index (κ3) is 5.32. The Kier molecular flexibility index (Phi) is 7.60. The molecule has 2 aromatic rings. The van der Waals surface area contributed by atoms with E-state index in [0.29, 0.717) is 38.2 Å². The maximum Gasteiger partial charge on any atom is 0.243 e. The predicted molar refractivity (Wildman–Crippen MR) is 113 cm³/mol. The van der Waals surface area contributed by atoms with Crippen molar-refractivity contribution < 1.29 is 13.2 Å². The van der Waals surface area contributed by atoms with Crippen LogP contribution >= 0.6 is 12.4 Å². The summed E-state index contributed by atoms with van der Waals surface area (Å²) in [5, 5.41) is 2.79. The number of carbonyl (C=O) groups excluding carboxylic acids is 1. The summed E-state index contributed by atoms with van der Waals surface area (Å²) in [6.07, 6.45) is 0.936. The number of nitrogens with zero attached hydrogens (tertiary/aromatic N) is 2. The zero-order chi connectivity index (χ0) is 19.4. The zero-order valence-electron chi connectivity index (χ0n) is 16.1. The number of carbonyl (C=O) groups is 1. The lowest BCUT2D eigenvalue weighted by molar-refractivity contribution is -0.116. The minimum atomic E-state index is -3.65. The van der Waals surface area contributed by atoms with Crippen molar-refractivity contribution >= 4 is 34.0 Å². The smallest absolute Gasteiger partial charge is 0.243 e. The van der Waals surface area contributed by atoms with Crippen LogP contribution in [0.5, 0.6) is 0 Å². The summed E-state index contributed by atoms with van der Waals surface area (Å²) in [4.78, 5) is 13.8. The Morgan fingerprint density at radius 2 is 1.71 bits per heavy atom. The number of hydrogen-bond acceptors (Lipinski definition) is 4. The summed E-state index contributed by atoms with van der Waals surface area (Å²) in [7, 11) is 0.203. The van der Waals surface area contributed by atoms with Gasteiger partial charge in [0.1, 0.15) is 0 Å². The molecule has 1 N–H and O–H groups in total. The van der Waals surface area contributed by atoms with Crippen LogP contribution in [0.4, 0.5) is 5.69 Å². The molecule has 6 nitrogen and oxygen atoms in total. The van der Waals surface area contributed by atoms with Gasteiger partial charge in [-0.25, -0.2) is 8.42 Å². The monoisotopic (exact) mass is 423 g/mol. The van der Waals surface area contributed by atoms with Gasteiger partial charge in [-0.15, -0.1) is 12.4 Å². The quantitative estimate of drug-likeness (QED) is 0.743. The van der Waals surface area contributed by atoms with E-state index in [9.17, 15) is 13.2 Å². The summed E-state index contributed by atoms with van der Waals surface area (Å²) >= 11 is 0. The molecule has 1 aliphatic heterocycles. The number of rotatable bonds is 7. The Morgan fingerprint density at radius 3 is 2.39 bits per heavy atom. The molecule has 0 saturated carbocycles. The SMILES string of the molecule is CN(C)CCN(Cc1ccccc1)S(=O)(=O)c1ccc2c(c1)CCC(=O)N2.Cl. The maximum atomic E-state index is 13.3. The van der Waals surface area contributed by atoms with Crippen LogP contribution in [0.1, 0.15) is 17.5 Å². The highest BCUT2D eigenvalue weighted by molar-refractivity contribution is 7.89. The van der Waals surface area contributed by atoms with E-state index in [2.05, 4.69) is 5.32 Å². The summed E-state index contributed by atoms with van der Waals surface area (Å²) < 4.78 is 28.2. The van der Waals surface area contributed by atoms with Crippen LogP contribution in [0.15, 0.2) is 53.4 Å². The third-order valence-corrected chi connectivity index (χ3v) is 6.45. The number of halogens is 1. The van der Waals surface area contributed by atoms with Gasteiger partial charge in [-0.1, -0.05) is 30.3 Å². The van der Waals surface area contributed by atoms with Crippen LogP contribution in [0.2, 0.25) is 0 Å². The van der Waals surface area contributed by atoms with Crippen molar-refractivity contribution in [1.82, 2.24) is 9.21 Å². The van der Waals surface area contributed by atoms with E-state index in [4.69, 9.17) is 0 Å². The molecule has 0 fully saturated rings. The van der Waals surface area contributed by atoms with Gasteiger partial charge in [0.25, 0.3) is 0 Å². The second-order valence-corrected chi connectivity index (χ2v) is 8.93. The zero-order valence-corrected chi connectivity index (χ0v) is 17.7. The number of fused-ring (bicyclic) bond motifs is 1. The summed E-state index contributed by atoms with van der Waals surface area (Å²) in [5.41, 5.74) is 2.51. The molecule has 152 valence electrons. The molecule has 3 rings (SSSR count). The van der Waals surface area contributed by atoms with Crippen molar-refractivity contribution in [3.63, 3.8) is 0 Å². The minimum absolute atomic E-state index is 0. The average Bonchev–Trinajstić information content (AvgIpc) is 2.65. The Labute approximate surface area is 173 Å². The van der Waals surface area contributed by atoms with Gasteiger partial charge >= 0.3 is 0 Å². The summed E-state index contributed by atoms with van der Waals surface area (Å²) in [6.45, 7) is 1.36. The molecule has 8 heteroatoms. The lowest BCUT2D eigenvalue weighted by Gasteiger charge is -2.25. The van der Waals surface area contributed by atoms with Crippen LogP contribution in [0.25, 0.3) is 0 Å². The first-order valence-electron chi connectivity index (χ1n) is 8.98. The number of likely N-dealkylation sites (N-methyl/N-ethyl adjacent to an activating group) is 1. The van der Waals surface area contributed by atoms with Crippen molar-refractivity contribution in [2.75, 3.05) is 32.5 Å². The van der Waals surface area contributed by atoms with Gasteiger partial charge in [-0.3, -0.25) is 4.79 Å². The Morgan fingerprint density at radius 1 is 1.00 bits per heavy atom. The molecular weight excluding hydrogens is 398 g/mol. The molecule has 0 saturated heterocycles. The van der Waals surface area contributed by atoms with E-state index in [1.165, 1.54) is 4.31 Å².